The van der Waals surface area contributed by atoms with Gasteiger partial charge in [0.15, 0.2) is 0 Å². The van der Waals surface area contributed by atoms with Crippen molar-refractivity contribution in [3.05, 3.63) is 117 Å². The molecule has 0 radical (unpaired) electrons. The first kappa shape index (κ1) is 25.0. The summed E-state index contributed by atoms with van der Waals surface area (Å²) in [7, 11) is 0. The summed E-state index contributed by atoms with van der Waals surface area (Å²) in [6, 6.07) is 24.0. The van der Waals surface area contributed by atoms with E-state index < -0.39 is 11.9 Å². The SMILES string of the molecule is CCOC(=O)C1=C(O)/C(=C/c2ccccc2OCc2ccc(C)cc2)SC1=NC(=O)c1ccccc1. The molecule has 0 spiro atoms. The van der Waals surface area contributed by atoms with Gasteiger partial charge < -0.3 is 14.6 Å². The molecule has 1 aliphatic rings. The molecular weight excluding hydrogens is 474 g/mol. The van der Waals surface area contributed by atoms with Gasteiger partial charge in [-0.05, 0) is 43.7 Å². The number of aliphatic hydroxyl groups excluding tert-OH is 1. The van der Waals surface area contributed by atoms with E-state index in [1.165, 1.54) is 5.56 Å². The lowest BCUT2D eigenvalue weighted by molar-refractivity contribution is -0.138. The van der Waals surface area contributed by atoms with Gasteiger partial charge >= 0.3 is 5.97 Å². The average Bonchev–Trinajstić information content (AvgIpc) is 3.19. The predicted molar refractivity (Wildman–Crippen MR) is 142 cm³/mol. The van der Waals surface area contributed by atoms with Crippen LogP contribution < -0.4 is 4.74 Å². The molecule has 4 rings (SSSR count). The highest BCUT2D eigenvalue weighted by molar-refractivity contribution is 8.18. The van der Waals surface area contributed by atoms with Crippen molar-refractivity contribution >= 4 is 34.8 Å². The number of nitrogens with zero attached hydrogens (tertiary/aromatic N) is 1. The van der Waals surface area contributed by atoms with Gasteiger partial charge in [0, 0.05) is 11.1 Å². The molecule has 0 unspecified atom stereocenters. The van der Waals surface area contributed by atoms with Crippen molar-refractivity contribution in [2.45, 2.75) is 20.5 Å². The Balaban J connectivity index is 1.65. The second-order valence-electron chi connectivity index (χ2n) is 7.95. The Morgan fingerprint density at radius 3 is 2.39 bits per heavy atom. The van der Waals surface area contributed by atoms with E-state index in [-0.39, 0.29) is 23.0 Å². The first-order valence-electron chi connectivity index (χ1n) is 11.4. The van der Waals surface area contributed by atoms with Crippen LogP contribution in [0.4, 0.5) is 0 Å². The molecular formula is C29H25NO5S. The van der Waals surface area contributed by atoms with E-state index in [0.29, 0.717) is 28.4 Å². The Bertz CT molecular complexity index is 1360. The molecule has 0 aliphatic carbocycles. The number of para-hydroxylation sites is 1. The van der Waals surface area contributed by atoms with Gasteiger partial charge in [0.05, 0.1) is 11.5 Å². The van der Waals surface area contributed by atoms with Crippen LogP contribution in [-0.2, 0) is 16.1 Å². The fourth-order valence-electron chi connectivity index (χ4n) is 3.45. The summed E-state index contributed by atoms with van der Waals surface area (Å²) in [4.78, 5) is 29.8. The van der Waals surface area contributed by atoms with Crippen LogP contribution in [-0.4, -0.2) is 28.6 Å². The summed E-state index contributed by atoms with van der Waals surface area (Å²) in [6.45, 7) is 4.19. The van der Waals surface area contributed by atoms with Crippen LogP contribution in [0.3, 0.4) is 0 Å². The zero-order valence-corrected chi connectivity index (χ0v) is 20.7. The maximum atomic E-state index is 12.7. The van der Waals surface area contributed by atoms with Crippen LogP contribution >= 0.6 is 11.8 Å². The molecule has 36 heavy (non-hydrogen) atoms. The van der Waals surface area contributed by atoms with E-state index in [2.05, 4.69) is 4.99 Å². The monoisotopic (exact) mass is 499 g/mol. The van der Waals surface area contributed by atoms with E-state index in [1.807, 2.05) is 55.5 Å². The molecule has 0 aromatic heterocycles. The first-order chi connectivity index (χ1) is 17.5. The Kier molecular flexibility index (Phi) is 8.02. The van der Waals surface area contributed by atoms with Crippen LogP contribution in [0.2, 0.25) is 0 Å². The van der Waals surface area contributed by atoms with Crippen LogP contribution in [0.5, 0.6) is 5.75 Å². The summed E-state index contributed by atoms with van der Waals surface area (Å²) in [5, 5.41) is 11.0. The second-order valence-corrected chi connectivity index (χ2v) is 8.99. The number of aliphatic hydroxyl groups is 1. The van der Waals surface area contributed by atoms with Gasteiger partial charge in [-0.15, -0.1) is 0 Å². The van der Waals surface area contributed by atoms with Gasteiger partial charge in [-0.2, -0.15) is 0 Å². The summed E-state index contributed by atoms with van der Waals surface area (Å²) in [6.07, 6.45) is 1.71. The van der Waals surface area contributed by atoms with Gasteiger partial charge in [0.2, 0.25) is 0 Å². The molecule has 0 saturated carbocycles. The second kappa shape index (κ2) is 11.6. The number of ether oxygens (including phenoxy) is 2. The maximum absolute atomic E-state index is 12.7. The predicted octanol–water partition coefficient (Wildman–Crippen LogP) is 6.28. The summed E-state index contributed by atoms with van der Waals surface area (Å²) >= 11 is 1.03. The molecule has 0 atom stereocenters. The summed E-state index contributed by atoms with van der Waals surface area (Å²) < 4.78 is 11.2. The quantitative estimate of drug-likeness (QED) is 0.385. The van der Waals surface area contributed by atoms with Crippen LogP contribution in [0, 0.1) is 6.92 Å². The molecule has 1 heterocycles. The zero-order valence-electron chi connectivity index (χ0n) is 19.9. The molecule has 182 valence electrons. The number of thioether (sulfide) groups is 1. The fourth-order valence-corrected chi connectivity index (χ4v) is 4.45. The van der Waals surface area contributed by atoms with Gasteiger partial charge in [0.1, 0.15) is 28.7 Å². The molecule has 1 aliphatic heterocycles. The number of amides is 1. The Hall–Kier alpha value is -4.10. The van der Waals surface area contributed by atoms with Gasteiger partial charge in [-0.25, -0.2) is 9.79 Å². The van der Waals surface area contributed by atoms with Crippen molar-refractivity contribution < 1.29 is 24.2 Å². The third-order valence-electron chi connectivity index (χ3n) is 5.31. The number of aryl methyl sites for hydroxylation is 1. The summed E-state index contributed by atoms with van der Waals surface area (Å²) in [5.74, 6) is -0.931. The number of aliphatic imine (C=N–C) groups is 1. The number of esters is 1. The number of hydrogen-bond donors (Lipinski definition) is 1. The fraction of sp³-hybridized carbons (Fsp3) is 0.138. The van der Waals surface area contributed by atoms with E-state index >= 15 is 0 Å². The highest BCUT2D eigenvalue weighted by Crippen LogP contribution is 2.40. The highest BCUT2D eigenvalue weighted by atomic mass is 32.2. The molecule has 1 N–H and O–H groups in total. The van der Waals surface area contributed by atoms with Crippen molar-refractivity contribution in [2.24, 2.45) is 4.99 Å². The van der Waals surface area contributed by atoms with Crippen molar-refractivity contribution in [3.63, 3.8) is 0 Å². The number of benzene rings is 3. The molecule has 6 nitrogen and oxygen atoms in total. The number of carbonyl (C=O) groups is 2. The lowest BCUT2D eigenvalue weighted by Crippen LogP contribution is -2.14. The van der Waals surface area contributed by atoms with E-state index in [4.69, 9.17) is 9.47 Å². The standard InChI is InChI=1S/C29H25NO5S/c1-3-34-29(33)25-26(31)24(36-28(25)30-27(32)21-9-5-4-6-10-21)17-22-11-7-8-12-23(22)35-18-20-15-13-19(2)14-16-20/h4-17,31H,3,18H2,1-2H3/b24-17-,30-28?. The first-order valence-corrected chi connectivity index (χ1v) is 12.2. The lowest BCUT2D eigenvalue weighted by atomic mass is 10.1. The van der Waals surface area contributed by atoms with Gasteiger partial charge in [-0.1, -0.05) is 78.0 Å². The number of hydrogen-bond acceptors (Lipinski definition) is 6. The van der Waals surface area contributed by atoms with Crippen molar-refractivity contribution in [1.29, 1.82) is 0 Å². The van der Waals surface area contributed by atoms with Crippen LogP contribution in [0.15, 0.2) is 100 Å². The van der Waals surface area contributed by atoms with Crippen LogP contribution in [0.25, 0.3) is 6.08 Å². The maximum Gasteiger partial charge on any atom is 0.344 e. The third-order valence-corrected chi connectivity index (χ3v) is 6.33. The van der Waals surface area contributed by atoms with E-state index in [0.717, 1.165) is 17.3 Å². The van der Waals surface area contributed by atoms with Crippen molar-refractivity contribution in [3.8, 4) is 5.75 Å². The molecule has 3 aromatic carbocycles. The third kappa shape index (κ3) is 5.93. The molecule has 0 fully saturated rings. The summed E-state index contributed by atoms with van der Waals surface area (Å²) in [5.41, 5.74) is 3.15. The van der Waals surface area contributed by atoms with Crippen molar-refractivity contribution in [1.82, 2.24) is 0 Å². The van der Waals surface area contributed by atoms with Crippen LogP contribution in [0.1, 0.15) is 34.0 Å². The lowest BCUT2D eigenvalue weighted by Gasteiger charge is -2.10. The molecule has 3 aromatic rings. The molecule has 1 amide bonds. The topological polar surface area (TPSA) is 85.2 Å². The molecule has 7 heteroatoms. The Labute approximate surface area is 214 Å². The Morgan fingerprint density at radius 2 is 1.67 bits per heavy atom. The number of carbonyl (C=O) groups excluding carboxylic acids is 2. The minimum Gasteiger partial charge on any atom is -0.506 e. The largest absolute Gasteiger partial charge is 0.506 e. The average molecular weight is 500 g/mol. The number of rotatable bonds is 7. The Morgan fingerprint density at radius 1 is 0.972 bits per heavy atom. The minimum atomic E-state index is -0.741. The molecule has 0 bridgehead atoms. The van der Waals surface area contributed by atoms with E-state index in [9.17, 15) is 14.7 Å². The normalized spacial score (nSPS) is 15.4. The minimum absolute atomic E-state index is 0.0871. The zero-order chi connectivity index (χ0) is 25.5. The van der Waals surface area contributed by atoms with Gasteiger partial charge in [-0.3, -0.25) is 4.79 Å². The highest BCUT2D eigenvalue weighted by Gasteiger charge is 2.34. The smallest absolute Gasteiger partial charge is 0.344 e. The molecule has 0 saturated heterocycles. The van der Waals surface area contributed by atoms with Gasteiger partial charge in [0.25, 0.3) is 5.91 Å². The van der Waals surface area contributed by atoms with Crippen molar-refractivity contribution in [2.75, 3.05) is 6.61 Å². The van der Waals surface area contributed by atoms with E-state index in [1.54, 1.807) is 43.3 Å².